The summed E-state index contributed by atoms with van der Waals surface area (Å²) in [7, 11) is -1.64. The number of hydrogen-bond acceptors (Lipinski definition) is 8. The van der Waals surface area contributed by atoms with E-state index >= 15 is 8.78 Å². The number of rotatable bonds is 12. The third kappa shape index (κ3) is 7.73. The summed E-state index contributed by atoms with van der Waals surface area (Å²) in [4.78, 5) is 29.6. The molecule has 7 rings (SSSR count). The Labute approximate surface area is 325 Å². The number of carbonyl (C=O) groups is 2. The highest BCUT2D eigenvalue weighted by Gasteiger charge is 2.54. The number of carbonyl (C=O) groups excluding carboxylic acids is 2. The zero-order valence-corrected chi connectivity index (χ0v) is 32.5. The van der Waals surface area contributed by atoms with Crippen molar-refractivity contribution < 1.29 is 40.3 Å². The molecule has 3 atom stereocenters. The number of methoxy groups -OCH3 is 1. The second-order valence-electron chi connectivity index (χ2n) is 15.9. The van der Waals surface area contributed by atoms with Gasteiger partial charge in [0.05, 0.1) is 41.2 Å². The van der Waals surface area contributed by atoms with Gasteiger partial charge in [-0.1, -0.05) is 18.6 Å². The Bertz CT molecular complexity index is 2050. The molecule has 4 fully saturated rings. The first-order chi connectivity index (χ1) is 26.8. The van der Waals surface area contributed by atoms with Gasteiger partial charge in [0, 0.05) is 31.6 Å². The van der Waals surface area contributed by atoms with E-state index in [1.807, 2.05) is 6.07 Å². The van der Waals surface area contributed by atoms with E-state index in [1.54, 1.807) is 12.1 Å². The largest absolute Gasteiger partial charge is 0.453 e. The molecule has 3 heterocycles. The van der Waals surface area contributed by atoms with Gasteiger partial charge in [0.2, 0.25) is 9.84 Å². The Kier molecular flexibility index (Phi) is 11.4. The molecule has 56 heavy (non-hydrogen) atoms. The fourth-order valence-electron chi connectivity index (χ4n) is 9.68. The van der Waals surface area contributed by atoms with Crippen molar-refractivity contribution in [1.82, 2.24) is 20.4 Å². The molecule has 10 nitrogen and oxygen atoms in total. The highest BCUT2D eigenvalue weighted by molar-refractivity contribution is 7.91. The summed E-state index contributed by atoms with van der Waals surface area (Å²) in [5, 5.41) is 5.38. The summed E-state index contributed by atoms with van der Waals surface area (Å²) in [6.07, 6.45) is 4.78. The molecule has 1 saturated carbocycles. The van der Waals surface area contributed by atoms with Crippen LogP contribution in [-0.4, -0.2) is 108 Å². The quantitative estimate of drug-likeness (QED) is 0.225. The molecule has 1 aliphatic carbocycles. The maximum Gasteiger partial charge on any atom is 0.407 e. The fraction of sp³-hybridized carbons (Fsp3) is 0.512. The predicted octanol–water partition coefficient (Wildman–Crippen LogP) is 5.71. The van der Waals surface area contributed by atoms with E-state index in [1.165, 1.54) is 37.3 Å². The molecular formula is C41H49F4N5O5S. The van der Waals surface area contributed by atoms with Crippen LogP contribution in [0.4, 0.5) is 28.0 Å². The maximum absolute atomic E-state index is 16.3. The number of anilines is 1. The van der Waals surface area contributed by atoms with Gasteiger partial charge in [-0.25, -0.2) is 30.8 Å². The number of likely N-dealkylation sites (tertiary alicyclic amines) is 2. The lowest BCUT2D eigenvalue weighted by Crippen LogP contribution is -2.65. The van der Waals surface area contributed by atoms with Crippen molar-refractivity contribution in [3.8, 4) is 0 Å². The molecule has 0 aromatic heterocycles. The van der Waals surface area contributed by atoms with Crippen LogP contribution in [0.5, 0.6) is 0 Å². The number of hydrogen-bond donors (Lipinski definition) is 2. The van der Waals surface area contributed by atoms with Crippen molar-refractivity contribution in [3.63, 3.8) is 0 Å². The van der Waals surface area contributed by atoms with Gasteiger partial charge in [0.25, 0.3) is 5.91 Å². The Morgan fingerprint density at radius 3 is 2.18 bits per heavy atom. The van der Waals surface area contributed by atoms with Crippen molar-refractivity contribution in [1.29, 1.82) is 0 Å². The number of ether oxygens (including phenoxy) is 1. The normalized spacial score (nSPS) is 22.8. The number of amides is 2. The second kappa shape index (κ2) is 16.0. The van der Waals surface area contributed by atoms with E-state index in [9.17, 15) is 26.8 Å². The molecule has 3 aromatic rings. The standard InChI is InChI=1S/C41H49F4N5O5S/c1-46-38(51)32-12-10-30(21-34(32)43)56(53,54)31-11-13-37(35(44)22-31)50-24-40(45,25-50)23-49-18-14-27(15-19-49)41(26-48-16-5-17-48,28-6-3-7-29(42)20-28)33-8-4-9-36(33)47-39(52)55-2/h3,6-7,10-13,20-22,27,33,36H,4-5,8-9,14-19,23-26H2,1-2H3,(H,46,51)(H,47,52)/t33-,36-,41-/m0/s1. The zero-order valence-electron chi connectivity index (χ0n) is 31.7. The second-order valence-corrected chi connectivity index (χ2v) is 17.8. The third-order valence-corrected chi connectivity index (χ3v) is 14.3. The lowest BCUT2D eigenvalue weighted by molar-refractivity contribution is 0.00575. The summed E-state index contributed by atoms with van der Waals surface area (Å²) < 4.78 is 92.7. The Morgan fingerprint density at radius 2 is 1.57 bits per heavy atom. The molecule has 15 heteroatoms. The van der Waals surface area contributed by atoms with Crippen LogP contribution in [0.2, 0.25) is 0 Å². The van der Waals surface area contributed by atoms with Crippen molar-refractivity contribution in [2.75, 3.05) is 71.4 Å². The van der Waals surface area contributed by atoms with Crippen LogP contribution in [-0.2, 0) is 20.0 Å². The molecule has 0 unspecified atom stereocenters. The maximum atomic E-state index is 16.3. The number of alkyl carbamates (subject to hydrolysis) is 1. The first-order valence-electron chi connectivity index (χ1n) is 19.3. The molecular weight excluding hydrogens is 751 g/mol. The summed E-state index contributed by atoms with van der Waals surface area (Å²) in [5.74, 6) is -2.68. The van der Waals surface area contributed by atoms with Gasteiger partial charge < -0.3 is 25.2 Å². The van der Waals surface area contributed by atoms with Crippen LogP contribution in [0.25, 0.3) is 0 Å². The van der Waals surface area contributed by atoms with Gasteiger partial charge in [-0.05, 0) is 124 Å². The minimum atomic E-state index is -4.32. The Morgan fingerprint density at radius 1 is 0.875 bits per heavy atom. The van der Waals surface area contributed by atoms with E-state index in [-0.39, 0.29) is 54.6 Å². The highest BCUT2D eigenvalue weighted by Crippen LogP contribution is 2.52. The molecule has 3 aromatic carbocycles. The minimum Gasteiger partial charge on any atom is -0.453 e. The number of sulfone groups is 1. The third-order valence-electron chi connectivity index (χ3n) is 12.5. The molecule has 3 saturated heterocycles. The summed E-state index contributed by atoms with van der Waals surface area (Å²) >= 11 is 0. The van der Waals surface area contributed by atoms with Crippen LogP contribution < -0.4 is 15.5 Å². The Balaban J connectivity index is 1.03. The van der Waals surface area contributed by atoms with Crippen molar-refractivity contribution in [2.45, 2.75) is 65.4 Å². The van der Waals surface area contributed by atoms with Gasteiger partial charge in [-0.2, -0.15) is 0 Å². The van der Waals surface area contributed by atoms with Gasteiger partial charge in [-0.3, -0.25) is 9.69 Å². The molecule has 2 amide bonds. The predicted molar refractivity (Wildman–Crippen MR) is 203 cm³/mol. The first kappa shape index (κ1) is 40.0. The average molecular weight is 800 g/mol. The van der Waals surface area contributed by atoms with E-state index in [4.69, 9.17) is 4.74 Å². The van der Waals surface area contributed by atoms with E-state index in [2.05, 4.69) is 20.4 Å². The van der Waals surface area contributed by atoms with Crippen LogP contribution in [0.15, 0.2) is 70.5 Å². The van der Waals surface area contributed by atoms with Crippen LogP contribution in [0, 0.1) is 29.3 Å². The molecule has 0 bridgehead atoms. The number of nitrogens with one attached hydrogen (secondary N) is 2. The summed E-state index contributed by atoms with van der Waals surface area (Å²) in [6.45, 7) is 3.93. The lowest BCUT2D eigenvalue weighted by atomic mass is 9.57. The van der Waals surface area contributed by atoms with Gasteiger partial charge in [0.15, 0.2) is 5.67 Å². The van der Waals surface area contributed by atoms with E-state index < -0.39 is 54.3 Å². The zero-order chi connectivity index (χ0) is 39.8. The molecule has 0 spiro atoms. The van der Waals surface area contributed by atoms with E-state index in [0.717, 1.165) is 88.0 Å². The molecule has 302 valence electrons. The number of piperidine rings is 1. The van der Waals surface area contributed by atoms with Crippen LogP contribution >= 0.6 is 0 Å². The van der Waals surface area contributed by atoms with Gasteiger partial charge >= 0.3 is 6.09 Å². The van der Waals surface area contributed by atoms with Crippen molar-refractivity contribution in [2.24, 2.45) is 11.8 Å². The molecule has 4 aliphatic rings. The molecule has 2 N–H and O–H groups in total. The van der Waals surface area contributed by atoms with E-state index in [0.29, 0.717) is 13.1 Å². The molecule has 3 aliphatic heterocycles. The monoisotopic (exact) mass is 799 g/mol. The fourth-order valence-corrected chi connectivity index (χ4v) is 11.0. The van der Waals surface area contributed by atoms with Crippen LogP contribution in [0.3, 0.4) is 0 Å². The number of alkyl halides is 1. The van der Waals surface area contributed by atoms with Gasteiger partial charge in [0.1, 0.15) is 17.5 Å². The topological polar surface area (TPSA) is 111 Å². The number of halogens is 4. The van der Waals surface area contributed by atoms with Gasteiger partial charge in [-0.15, -0.1) is 0 Å². The highest BCUT2D eigenvalue weighted by atomic mass is 32.2. The van der Waals surface area contributed by atoms with Crippen molar-refractivity contribution in [3.05, 3.63) is 89.2 Å². The summed E-state index contributed by atoms with van der Waals surface area (Å²) in [6, 6.07) is 13.0. The summed E-state index contributed by atoms with van der Waals surface area (Å²) in [5.41, 5.74) is -1.38. The minimum absolute atomic E-state index is 0.0558. The van der Waals surface area contributed by atoms with Crippen molar-refractivity contribution >= 4 is 27.5 Å². The average Bonchev–Trinajstić information content (AvgIpc) is 3.61. The Hall–Kier alpha value is -4.21. The SMILES string of the molecule is CNC(=O)c1ccc(S(=O)(=O)c2ccc(N3CC(F)(CN4CCC([C@@](CN5CCC5)(c5cccc(F)c5)[C@H]5CCC[C@@H]5NC(=O)OC)CC4)C3)c(F)c2)cc1F. The first-order valence-corrected chi connectivity index (χ1v) is 20.8. The smallest absolute Gasteiger partial charge is 0.407 e. The molecule has 0 radical (unpaired) electrons. The number of nitrogens with zero attached hydrogens (tertiary/aromatic N) is 3. The van der Waals surface area contributed by atoms with Crippen LogP contribution in [0.1, 0.15) is 54.4 Å². The lowest BCUT2D eigenvalue weighted by Gasteiger charge is -2.54. The number of benzene rings is 3.